The second kappa shape index (κ2) is 7.69. The molecule has 2 aromatic rings. The number of nitrogens with one attached hydrogen (secondary N) is 1. The van der Waals surface area contributed by atoms with Crippen molar-refractivity contribution in [2.45, 2.75) is 25.9 Å². The standard InChI is InChI=1S/C16H20ClNO2S/c1-11(6-12-4-5-21-10-12)18-9-13-7-14(17)16(20-3)15(8-13)19-2/h4-5,7-8,10-11,18H,6,9H2,1-3H3. The number of halogens is 1. The summed E-state index contributed by atoms with van der Waals surface area (Å²) in [5.41, 5.74) is 2.44. The molecule has 1 aromatic heterocycles. The van der Waals surface area contributed by atoms with E-state index in [9.17, 15) is 0 Å². The van der Waals surface area contributed by atoms with Gasteiger partial charge >= 0.3 is 0 Å². The molecule has 0 amide bonds. The van der Waals surface area contributed by atoms with Crippen molar-refractivity contribution in [3.05, 3.63) is 45.1 Å². The Kier molecular flexibility index (Phi) is 5.91. The van der Waals surface area contributed by atoms with E-state index in [1.807, 2.05) is 12.1 Å². The van der Waals surface area contributed by atoms with E-state index in [4.69, 9.17) is 21.1 Å². The number of methoxy groups -OCH3 is 2. The summed E-state index contributed by atoms with van der Waals surface area (Å²) in [5, 5.41) is 8.36. The second-order valence-corrected chi connectivity index (χ2v) is 6.12. The van der Waals surface area contributed by atoms with Gasteiger partial charge in [0, 0.05) is 12.6 Å². The van der Waals surface area contributed by atoms with E-state index in [0.717, 1.165) is 18.5 Å². The third-order valence-corrected chi connectivity index (χ3v) is 4.28. The van der Waals surface area contributed by atoms with Gasteiger partial charge in [-0.3, -0.25) is 0 Å². The molecular weight excluding hydrogens is 306 g/mol. The Balaban J connectivity index is 1.98. The molecule has 0 aliphatic carbocycles. The lowest BCUT2D eigenvalue weighted by molar-refractivity contribution is 0.354. The topological polar surface area (TPSA) is 30.5 Å². The monoisotopic (exact) mass is 325 g/mol. The van der Waals surface area contributed by atoms with Gasteiger partial charge in [-0.1, -0.05) is 11.6 Å². The Labute approximate surface area is 134 Å². The Morgan fingerprint density at radius 1 is 1.24 bits per heavy atom. The fourth-order valence-corrected chi connectivity index (χ4v) is 3.19. The van der Waals surface area contributed by atoms with Crippen molar-refractivity contribution in [3.8, 4) is 11.5 Å². The molecule has 0 aliphatic rings. The zero-order valence-corrected chi connectivity index (χ0v) is 14.1. The lowest BCUT2D eigenvalue weighted by Crippen LogP contribution is -2.27. The van der Waals surface area contributed by atoms with Gasteiger partial charge in [-0.05, 0) is 53.4 Å². The molecular formula is C16H20ClNO2S. The molecule has 0 spiro atoms. The summed E-state index contributed by atoms with van der Waals surface area (Å²) >= 11 is 7.94. The molecule has 0 fully saturated rings. The van der Waals surface area contributed by atoms with Gasteiger partial charge in [0.15, 0.2) is 11.5 Å². The minimum atomic E-state index is 0.395. The van der Waals surface area contributed by atoms with Gasteiger partial charge in [0.05, 0.1) is 19.2 Å². The maximum absolute atomic E-state index is 6.21. The first-order valence-corrected chi connectivity index (χ1v) is 8.11. The predicted octanol–water partition coefficient (Wildman–Crippen LogP) is 4.14. The van der Waals surface area contributed by atoms with E-state index in [2.05, 4.69) is 29.1 Å². The number of ether oxygens (including phenoxy) is 2. The molecule has 5 heteroatoms. The smallest absolute Gasteiger partial charge is 0.179 e. The fourth-order valence-electron chi connectivity index (χ4n) is 2.20. The van der Waals surface area contributed by atoms with Crippen LogP contribution in [-0.2, 0) is 13.0 Å². The van der Waals surface area contributed by atoms with Crippen molar-refractivity contribution in [3.63, 3.8) is 0 Å². The van der Waals surface area contributed by atoms with Crippen LogP contribution in [0.5, 0.6) is 11.5 Å². The third-order valence-electron chi connectivity index (χ3n) is 3.27. The number of thiophene rings is 1. The highest BCUT2D eigenvalue weighted by Crippen LogP contribution is 2.35. The van der Waals surface area contributed by atoms with Crippen molar-refractivity contribution >= 4 is 22.9 Å². The molecule has 0 bridgehead atoms. The largest absolute Gasteiger partial charge is 0.493 e. The average molecular weight is 326 g/mol. The number of hydrogen-bond donors (Lipinski definition) is 1. The molecule has 1 aromatic carbocycles. The van der Waals surface area contributed by atoms with Crippen molar-refractivity contribution in [2.75, 3.05) is 14.2 Å². The van der Waals surface area contributed by atoms with E-state index in [1.54, 1.807) is 25.6 Å². The van der Waals surface area contributed by atoms with Crippen molar-refractivity contribution in [1.82, 2.24) is 5.32 Å². The molecule has 21 heavy (non-hydrogen) atoms. The predicted molar refractivity (Wildman–Crippen MR) is 88.9 cm³/mol. The molecule has 1 N–H and O–H groups in total. The molecule has 0 saturated heterocycles. The first-order chi connectivity index (χ1) is 10.1. The van der Waals surface area contributed by atoms with Crippen LogP contribution in [0.4, 0.5) is 0 Å². The van der Waals surface area contributed by atoms with Gasteiger partial charge in [-0.2, -0.15) is 11.3 Å². The lowest BCUT2D eigenvalue weighted by atomic mass is 10.1. The van der Waals surface area contributed by atoms with Crippen LogP contribution < -0.4 is 14.8 Å². The summed E-state index contributed by atoms with van der Waals surface area (Å²) in [7, 11) is 3.20. The highest BCUT2D eigenvalue weighted by molar-refractivity contribution is 7.07. The first-order valence-electron chi connectivity index (χ1n) is 6.79. The van der Waals surface area contributed by atoms with Crippen molar-refractivity contribution in [2.24, 2.45) is 0 Å². The summed E-state index contributed by atoms with van der Waals surface area (Å²) < 4.78 is 10.6. The maximum atomic E-state index is 6.21. The molecule has 1 atom stereocenters. The second-order valence-electron chi connectivity index (χ2n) is 4.93. The van der Waals surface area contributed by atoms with Crippen LogP contribution in [0.25, 0.3) is 0 Å². The van der Waals surface area contributed by atoms with Crippen LogP contribution in [-0.4, -0.2) is 20.3 Å². The average Bonchev–Trinajstić information content (AvgIpc) is 2.97. The van der Waals surface area contributed by atoms with Gasteiger partial charge < -0.3 is 14.8 Å². The maximum Gasteiger partial charge on any atom is 0.179 e. The van der Waals surface area contributed by atoms with Crippen LogP contribution in [0.2, 0.25) is 5.02 Å². The van der Waals surface area contributed by atoms with Crippen LogP contribution in [0.15, 0.2) is 29.0 Å². The minimum absolute atomic E-state index is 0.395. The zero-order chi connectivity index (χ0) is 15.2. The van der Waals surface area contributed by atoms with E-state index < -0.39 is 0 Å². The summed E-state index contributed by atoms with van der Waals surface area (Å²) in [6, 6.07) is 6.42. The van der Waals surface area contributed by atoms with E-state index in [1.165, 1.54) is 5.56 Å². The Bertz CT molecular complexity index is 572. The molecule has 0 aliphatic heterocycles. The van der Waals surface area contributed by atoms with Crippen molar-refractivity contribution in [1.29, 1.82) is 0 Å². The highest BCUT2D eigenvalue weighted by Gasteiger charge is 2.11. The number of hydrogen-bond acceptors (Lipinski definition) is 4. The lowest BCUT2D eigenvalue weighted by Gasteiger charge is -2.15. The fraction of sp³-hybridized carbons (Fsp3) is 0.375. The summed E-state index contributed by atoms with van der Waals surface area (Å²) in [5.74, 6) is 1.24. The molecule has 1 unspecified atom stereocenters. The Morgan fingerprint density at radius 2 is 2.05 bits per heavy atom. The summed E-state index contributed by atoms with van der Waals surface area (Å²) in [6.07, 6.45) is 1.02. The highest BCUT2D eigenvalue weighted by atomic mass is 35.5. The zero-order valence-electron chi connectivity index (χ0n) is 12.5. The first kappa shape index (κ1) is 16.1. The van der Waals surface area contributed by atoms with Crippen LogP contribution >= 0.6 is 22.9 Å². The molecule has 0 saturated carbocycles. The summed E-state index contributed by atoms with van der Waals surface area (Å²) in [6.45, 7) is 2.92. The summed E-state index contributed by atoms with van der Waals surface area (Å²) in [4.78, 5) is 0. The van der Waals surface area contributed by atoms with Crippen LogP contribution in [0.1, 0.15) is 18.1 Å². The Hall–Kier alpha value is -1.23. The van der Waals surface area contributed by atoms with E-state index in [-0.39, 0.29) is 0 Å². The van der Waals surface area contributed by atoms with Crippen LogP contribution in [0.3, 0.4) is 0 Å². The Morgan fingerprint density at radius 3 is 2.67 bits per heavy atom. The molecule has 2 rings (SSSR count). The van der Waals surface area contributed by atoms with Crippen molar-refractivity contribution < 1.29 is 9.47 Å². The van der Waals surface area contributed by atoms with E-state index >= 15 is 0 Å². The molecule has 114 valence electrons. The third kappa shape index (κ3) is 4.37. The quantitative estimate of drug-likeness (QED) is 0.830. The number of benzene rings is 1. The molecule has 1 heterocycles. The van der Waals surface area contributed by atoms with Gasteiger partial charge in [-0.15, -0.1) is 0 Å². The normalized spacial score (nSPS) is 12.2. The number of rotatable bonds is 7. The van der Waals surface area contributed by atoms with Gasteiger partial charge in [0.1, 0.15) is 0 Å². The molecule has 0 radical (unpaired) electrons. The van der Waals surface area contributed by atoms with Gasteiger partial charge in [0.25, 0.3) is 0 Å². The van der Waals surface area contributed by atoms with E-state index in [0.29, 0.717) is 22.6 Å². The van der Waals surface area contributed by atoms with Gasteiger partial charge in [0.2, 0.25) is 0 Å². The molecule has 3 nitrogen and oxygen atoms in total. The van der Waals surface area contributed by atoms with Crippen LogP contribution in [0, 0.1) is 0 Å². The van der Waals surface area contributed by atoms with Gasteiger partial charge in [-0.25, -0.2) is 0 Å². The minimum Gasteiger partial charge on any atom is -0.493 e. The SMILES string of the molecule is COc1cc(CNC(C)Cc2ccsc2)cc(Cl)c1OC.